The van der Waals surface area contributed by atoms with Gasteiger partial charge in [-0.15, -0.1) is 0 Å². The number of anilines is 1. The van der Waals surface area contributed by atoms with Crippen LogP contribution >= 0.6 is 23.2 Å². The van der Waals surface area contributed by atoms with Gasteiger partial charge in [-0.2, -0.15) is 0 Å². The molecular weight excluding hydrogens is 593 g/mol. The van der Waals surface area contributed by atoms with Gasteiger partial charge < -0.3 is 10.2 Å². The molecule has 226 valence electrons. The van der Waals surface area contributed by atoms with E-state index >= 15 is 0 Å². The second kappa shape index (κ2) is 14.4. The Morgan fingerprint density at radius 1 is 0.857 bits per heavy atom. The molecule has 42 heavy (non-hydrogen) atoms. The molecule has 1 atom stereocenters. The van der Waals surface area contributed by atoms with Crippen molar-refractivity contribution >= 4 is 50.7 Å². The molecule has 0 aliphatic carbocycles. The standard InChI is InChI=1S/C32H39Cl2N3O4S/c1-7-30(32(39)35-18-21(2)3)36(19-25-10-13-28(33)29(34)17-25)31(38)20-37(26-15-23(5)14-24(6)16-26)42(40,41)27-11-8-22(4)9-12-27/h8-17,21,30H,7,18-20H2,1-6H3,(H,35,39). The highest BCUT2D eigenvalue weighted by Gasteiger charge is 2.34. The van der Waals surface area contributed by atoms with Gasteiger partial charge in [0.1, 0.15) is 12.6 Å². The zero-order valence-electron chi connectivity index (χ0n) is 24.9. The summed E-state index contributed by atoms with van der Waals surface area (Å²) in [6.45, 7) is 11.4. The molecule has 3 rings (SSSR count). The van der Waals surface area contributed by atoms with Crippen molar-refractivity contribution in [3.05, 3.63) is 93.0 Å². The summed E-state index contributed by atoms with van der Waals surface area (Å²) in [6, 6.07) is 16.1. The average Bonchev–Trinajstić information content (AvgIpc) is 2.91. The first kappa shape index (κ1) is 33.4. The zero-order valence-corrected chi connectivity index (χ0v) is 27.3. The quantitative estimate of drug-likeness (QED) is 0.241. The summed E-state index contributed by atoms with van der Waals surface area (Å²) in [5.74, 6) is -0.619. The number of amides is 2. The largest absolute Gasteiger partial charge is 0.354 e. The lowest BCUT2D eigenvalue weighted by atomic mass is 10.1. The van der Waals surface area contributed by atoms with Gasteiger partial charge in [-0.05, 0) is 86.2 Å². The second-order valence-corrected chi connectivity index (χ2v) is 13.7. The maximum Gasteiger partial charge on any atom is 0.264 e. The van der Waals surface area contributed by atoms with E-state index in [1.165, 1.54) is 17.0 Å². The van der Waals surface area contributed by atoms with Crippen LogP contribution in [0.25, 0.3) is 0 Å². The summed E-state index contributed by atoms with van der Waals surface area (Å²) in [5.41, 5.74) is 3.65. The van der Waals surface area contributed by atoms with Gasteiger partial charge in [0.25, 0.3) is 10.0 Å². The number of nitrogens with one attached hydrogen (secondary N) is 1. The predicted molar refractivity (Wildman–Crippen MR) is 171 cm³/mol. The molecule has 0 spiro atoms. The lowest BCUT2D eigenvalue weighted by molar-refractivity contribution is -0.140. The van der Waals surface area contributed by atoms with E-state index in [2.05, 4.69) is 5.32 Å². The number of hydrogen-bond acceptors (Lipinski definition) is 4. The highest BCUT2D eigenvalue weighted by atomic mass is 35.5. The molecule has 0 fully saturated rings. The van der Waals surface area contributed by atoms with Crippen LogP contribution in [-0.4, -0.2) is 44.3 Å². The van der Waals surface area contributed by atoms with Gasteiger partial charge in [0, 0.05) is 13.1 Å². The fourth-order valence-corrected chi connectivity index (χ4v) is 6.36. The molecule has 0 aliphatic rings. The van der Waals surface area contributed by atoms with Gasteiger partial charge in [-0.25, -0.2) is 8.42 Å². The van der Waals surface area contributed by atoms with E-state index in [4.69, 9.17) is 23.2 Å². The van der Waals surface area contributed by atoms with E-state index in [0.29, 0.717) is 34.3 Å². The van der Waals surface area contributed by atoms with Gasteiger partial charge in [0.2, 0.25) is 11.8 Å². The van der Waals surface area contributed by atoms with Crippen LogP contribution in [-0.2, 0) is 26.2 Å². The molecule has 0 heterocycles. The summed E-state index contributed by atoms with van der Waals surface area (Å²) in [6.07, 6.45) is 0.325. The topological polar surface area (TPSA) is 86.8 Å². The Balaban J connectivity index is 2.09. The fourth-order valence-electron chi connectivity index (χ4n) is 4.64. The first-order valence-corrected chi connectivity index (χ1v) is 16.1. The molecule has 0 aliphatic heterocycles. The highest BCUT2D eigenvalue weighted by Crippen LogP contribution is 2.28. The molecule has 0 aromatic heterocycles. The highest BCUT2D eigenvalue weighted by molar-refractivity contribution is 7.92. The van der Waals surface area contributed by atoms with Crippen LogP contribution in [0.3, 0.4) is 0 Å². The summed E-state index contributed by atoms with van der Waals surface area (Å²) < 4.78 is 29.2. The van der Waals surface area contributed by atoms with E-state index in [0.717, 1.165) is 21.0 Å². The third-order valence-corrected chi connectivity index (χ3v) is 9.32. The first-order chi connectivity index (χ1) is 19.7. The molecule has 3 aromatic carbocycles. The molecule has 7 nitrogen and oxygen atoms in total. The minimum atomic E-state index is -4.15. The van der Waals surface area contributed by atoms with Crippen molar-refractivity contribution < 1.29 is 18.0 Å². The van der Waals surface area contributed by atoms with E-state index in [1.54, 1.807) is 42.5 Å². The maximum absolute atomic E-state index is 14.2. The Labute approximate surface area is 259 Å². The van der Waals surface area contributed by atoms with Crippen LogP contribution < -0.4 is 9.62 Å². The zero-order chi connectivity index (χ0) is 31.2. The van der Waals surface area contributed by atoms with Crippen molar-refractivity contribution in [3.63, 3.8) is 0 Å². The molecule has 10 heteroatoms. The Bertz CT molecular complexity index is 1500. The van der Waals surface area contributed by atoms with Gasteiger partial charge in [-0.1, -0.05) is 73.8 Å². The number of carbonyl (C=O) groups is 2. The molecule has 0 saturated heterocycles. The van der Waals surface area contributed by atoms with Crippen molar-refractivity contribution in [1.29, 1.82) is 0 Å². The molecule has 0 bridgehead atoms. The third kappa shape index (κ3) is 8.49. The van der Waals surface area contributed by atoms with Crippen LogP contribution in [0, 0.1) is 26.7 Å². The third-order valence-electron chi connectivity index (χ3n) is 6.79. The number of hydrogen-bond donors (Lipinski definition) is 1. The van der Waals surface area contributed by atoms with Gasteiger partial charge in [0.15, 0.2) is 0 Å². The van der Waals surface area contributed by atoms with Crippen molar-refractivity contribution in [1.82, 2.24) is 10.2 Å². The predicted octanol–water partition coefficient (Wildman–Crippen LogP) is 6.69. The van der Waals surface area contributed by atoms with Crippen molar-refractivity contribution in [2.24, 2.45) is 5.92 Å². The number of rotatable bonds is 12. The lowest BCUT2D eigenvalue weighted by Gasteiger charge is -2.33. The number of benzene rings is 3. The Morgan fingerprint density at radius 2 is 1.48 bits per heavy atom. The summed E-state index contributed by atoms with van der Waals surface area (Å²) in [4.78, 5) is 29.0. The lowest BCUT2D eigenvalue weighted by Crippen LogP contribution is -2.52. The smallest absolute Gasteiger partial charge is 0.264 e. The van der Waals surface area contributed by atoms with Crippen LogP contribution in [0.5, 0.6) is 0 Å². The number of aryl methyl sites for hydroxylation is 3. The normalized spacial score (nSPS) is 12.2. The minimum absolute atomic E-state index is 0.0363. The Morgan fingerprint density at radius 3 is 2.02 bits per heavy atom. The molecule has 1 unspecified atom stereocenters. The van der Waals surface area contributed by atoms with Crippen LogP contribution in [0.15, 0.2) is 65.6 Å². The minimum Gasteiger partial charge on any atom is -0.354 e. The first-order valence-electron chi connectivity index (χ1n) is 13.9. The molecule has 0 saturated carbocycles. The van der Waals surface area contributed by atoms with Gasteiger partial charge in [0.05, 0.1) is 20.6 Å². The fraction of sp³-hybridized carbons (Fsp3) is 0.375. The number of nitrogens with zero attached hydrogens (tertiary/aromatic N) is 2. The summed E-state index contributed by atoms with van der Waals surface area (Å²) >= 11 is 12.4. The van der Waals surface area contributed by atoms with Gasteiger partial charge in [-0.3, -0.25) is 13.9 Å². The van der Waals surface area contributed by atoms with Crippen LogP contribution in [0.4, 0.5) is 5.69 Å². The van der Waals surface area contributed by atoms with Crippen LogP contribution in [0.1, 0.15) is 49.4 Å². The maximum atomic E-state index is 14.2. The van der Waals surface area contributed by atoms with Crippen molar-refractivity contribution in [3.8, 4) is 0 Å². The SMILES string of the molecule is CCC(C(=O)NCC(C)C)N(Cc1ccc(Cl)c(Cl)c1)C(=O)CN(c1cc(C)cc(C)c1)S(=O)(=O)c1ccc(C)cc1. The van der Waals surface area contributed by atoms with Crippen molar-refractivity contribution in [2.75, 3.05) is 17.4 Å². The molecule has 3 aromatic rings. The molecule has 2 amide bonds. The Hall–Kier alpha value is -3.07. The summed E-state index contributed by atoms with van der Waals surface area (Å²) in [7, 11) is -4.15. The number of carbonyl (C=O) groups excluding carboxylic acids is 2. The average molecular weight is 633 g/mol. The molecule has 0 radical (unpaired) electrons. The molecule has 1 N–H and O–H groups in total. The van der Waals surface area contributed by atoms with E-state index in [1.807, 2.05) is 47.6 Å². The second-order valence-electron chi connectivity index (χ2n) is 11.0. The van der Waals surface area contributed by atoms with Crippen molar-refractivity contribution in [2.45, 2.75) is 65.4 Å². The van der Waals surface area contributed by atoms with E-state index in [9.17, 15) is 18.0 Å². The molecular formula is C32H39Cl2N3O4S. The van der Waals surface area contributed by atoms with Gasteiger partial charge >= 0.3 is 0 Å². The number of halogens is 2. The monoisotopic (exact) mass is 631 g/mol. The van der Waals surface area contributed by atoms with E-state index < -0.39 is 28.5 Å². The van der Waals surface area contributed by atoms with E-state index in [-0.39, 0.29) is 23.3 Å². The summed E-state index contributed by atoms with van der Waals surface area (Å²) in [5, 5.41) is 3.61. The Kier molecular flexibility index (Phi) is 11.5. The van der Waals surface area contributed by atoms with Crippen LogP contribution in [0.2, 0.25) is 10.0 Å². The number of sulfonamides is 1.